The molecule has 1 aliphatic heterocycles. The van der Waals surface area contributed by atoms with Crippen LogP contribution in [0.3, 0.4) is 0 Å². The fraction of sp³-hybridized carbons (Fsp3) is 0.750. The summed E-state index contributed by atoms with van der Waals surface area (Å²) in [6, 6.07) is 3.58. The Bertz CT molecular complexity index is 690. The van der Waals surface area contributed by atoms with Crippen LogP contribution in [0.15, 0.2) is 12.1 Å². The second-order valence-corrected chi connectivity index (χ2v) is 9.62. The summed E-state index contributed by atoms with van der Waals surface area (Å²) in [7, 11) is 0. The number of hydrogen-bond donors (Lipinski definition) is 0. The van der Waals surface area contributed by atoms with Gasteiger partial charge < -0.3 is 4.74 Å². The Kier molecular flexibility index (Phi) is 4.78. The van der Waals surface area contributed by atoms with Crippen LogP contribution in [0.1, 0.15) is 87.9 Å². The van der Waals surface area contributed by atoms with Crippen molar-refractivity contribution >= 4 is 0 Å². The lowest BCUT2D eigenvalue weighted by atomic mass is 9.70. The number of fused-ring (bicyclic) bond motifs is 1. The number of ether oxygens (including phenoxy) is 1. The Morgan fingerprint density at radius 1 is 0.815 bits per heavy atom. The first-order chi connectivity index (χ1) is 13.2. The number of epoxide rings is 1. The Labute approximate surface area is 161 Å². The molecule has 0 aromatic heterocycles. The van der Waals surface area contributed by atoms with Gasteiger partial charge in [0.2, 0.25) is 0 Å². The highest BCUT2D eigenvalue weighted by atomic mass is 19.2. The molecule has 27 heavy (non-hydrogen) atoms. The summed E-state index contributed by atoms with van der Waals surface area (Å²) in [4.78, 5) is 0. The Morgan fingerprint density at radius 2 is 1.44 bits per heavy atom. The molecular formula is C24H32F2O. The smallest absolute Gasteiger partial charge is 0.165 e. The zero-order chi connectivity index (χ0) is 18.5. The van der Waals surface area contributed by atoms with E-state index >= 15 is 0 Å². The molecule has 4 aliphatic rings. The summed E-state index contributed by atoms with van der Waals surface area (Å²) < 4.78 is 34.2. The summed E-state index contributed by atoms with van der Waals surface area (Å²) in [6.07, 6.45) is 11.3. The van der Waals surface area contributed by atoms with Crippen LogP contribution in [0.4, 0.5) is 8.78 Å². The van der Waals surface area contributed by atoms with Crippen molar-refractivity contribution < 1.29 is 13.5 Å². The van der Waals surface area contributed by atoms with Crippen molar-refractivity contribution in [2.24, 2.45) is 29.6 Å². The number of rotatable bonds is 4. The monoisotopic (exact) mass is 374 g/mol. The molecule has 5 atom stereocenters. The molecular weight excluding hydrogens is 342 g/mol. The molecule has 3 saturated carbocycles. The van der Waals surface area contributed by atoms with Gasteiger partial charge in [-0.1, -0.05) is 25.5 Å². The summed E-state index contributed by atoms with van der Waals surface area (Å²) in [5.74, 6) is 3.55. The van der Waals surface area contributed by atoms with Gasteiger partial charge >= 0.3 is 0 Å². The van der Waals surface area contributed by atoms with Gasteiger partial charge in [-0.2, -0.15) is 0 Å². The average Bonchev–Trinajstić information content (AvgIpc) is 3.31. The van der Waals surface area contributed by atoms with Crippen molar-refractivity contribution in [3.63, 3.8) is 0 Å². The van der Waals surface area contributed by atoms with E-state index < -0.39 is 11.6 Å². The highest BCUT2D eigenvalue weighted by Crippen LogP contribution is 2.56. The van der Waals surface area contributed by atoms with E-state index in [1.54, 1.807) is 6.07 Å². The minimum atomic E-state index is -0.674. The van der Waals surface area contributed by atoms with E-state index in [2.05, 4.69) is 6.92 Å². The molecule has 0 amide bonds. The van der Waals surface area contributed by atoms with E-state index in [0.29, 0.717) is 17.7 Å². The van der Waals surface area contributed by atoms with Crippen LogP contribution in [0.5, 0.6) is 0 Å². The molecule has 4 fully saturated rings. The molecule has 5 unspecified atom stereocenters. The Balaban J connectivity index is 1.24. The van der Waals surface area contributed by atoms with Crippen LogP contribution in [0.25, 0.3) is 0 Å². The Morgan fingerprint density at radius 3 is 2.15 bits per heavy atom. The summed E-state index contributed by atoms with van der Waals surface area (Å²) >= 11 is 0. The van der Waals surface area contributed by atoms with Crippen LogP contribution in [0, 0.1) is 41.2 Å². The number of halogens is 2. The molecule has 0 spiro atoms. The van der Waals surface area contributed by atoms with Crippen molar-refractivity contribution in [1.29, 1.82) is 0 Å². The van der Waals surface area contributed by atoms with Crippen molar-refractivity contribution in [2.45, 2.75) is 76.7 Å². The third kappa shape index (κ3) is 3.14. The van der Waals surface area contributed by atoms with Crippen LogP contribution in [-0.2, 0) is 4.74 Å². The molecule has 1 heterocycles. The first-order valence-corrected chi connectivity index (χ1v) is 11.3. The third-order valence-corrected chi connectivity index (χ3v) is 8.57. The predicted octanol–water partition coefficient (Wildman–Crippen LogP) is 6.77. The van der Waals surface area contributed by atoms with E-state index in [1.165, 1.54) is 44.9 Å². The first-order valence-electron chi connectivity index (χ1n) is 11.3. The van der Waals surface area contributed by atoms with Gasteiger partial charge in [-0.15, -0.1) is 0 Å². The normalized spacial score (nSPS) is 40.9. The van der Waals surface area contributed by atoms with E-state index in [0.717, 1.165) is 42.4 Å². The highest BCUT2D eigenvalue weighted by molar-refractivity contribution is 5.32. The maximum atomic E-state index is 14.7. The SMILES string of the molecule is CCC1CCC2C1CCC2C1CCC(c2ccc(C3CO3)c(F)c2F)CC1. The maximum absolute atomic E-state index is 14.7. The number of benzene rings is 1. The van der Waals surface area contributed by atoms with Gasteiger partial charge in [-0.25, -0.2) is 8.78 Å². The van der Waals surface area contributed by atoms with Gasteiger partial charge in [0, 0.05) is 5.56 Å². The van der Waals surface area contributed by atoms with Gasteiger partial charge in [0.25, 0.3) is 0 Å². The molecule has 1 aromatic rings. The van der Waals surface area contributed by atoms with Crippen LogP contribution in [0.2, 0.25) is 0 Å². The van der Waals surface area contributed by atoms with Gasteiger partial charge in [0.05, 0.1) is 6.61 Å². The molecule has 5 rings (SSSR count). The van der Waals surface area contributed by atoms with Gasteiger partial charge in [0.1, 0.15) is 6.10 Å². The third-order valence-electron chi connectivity index (χ3n) is 8.57. The Hall–Kier alpha value is -0.960. The topological polar surface area (TPSA) is 12.5 Å². The average molecular weight is 375 g/mol. The summed E-state index contributed by atoms with van der Waals surface area (Å²) in [6.45, 7) is 2.88. The molecule has 1 aromatic carbocycles. The largest absolute Gasteiger partial charge is 0.368 e. The van der Waals surface area contributed by atoms with Crippen LogP contribution < -0.4 is 0 Å². The molecule has 3 aliphatic carbocycles. The molecule has 1 saturated heterocycles. The van der Waals surface area contributed by atoms with Crippen molar-refractivity contribution in [3.8, 4) is 0 Å². The fourth-order valence-electron chi connectivity index (χ4n) is 7.09. The standard InChI is InChI=1S/C24H32F2O/c1-2-14-7-8-20-17(14)9-10-18(20)15-3-5-16(6-4-15)19-11-12-21(22-13-27-22)24(26)23(19)25/h11-12,14-18,20,22H,2-10,13H2,1H3. The van der Waals surface area contributed by atoms with E-state index in [9.17, 15) is 8.78 Å². The lowest BCUT2D eigenvalue weighted by molar-refractivity contribution is 0.178. The van der Waals surface area contributed by atoms with Gasteiger partial charge in [-0.3, -0.25) is 0 Å². The second-order valence-electron chi connectivity index (χ2n) is 9.62. The zero-order valence-electron chi connectivity index (χ0n) is 16.4. The molecule has 0 radical (unpaired) electrons. The quantitative estimate of drug-likeness (QED) is 0.530. The van der Waals surface area contributed by atoms with Crippen molar-refractivity contribution in [3.05, 3.63) is 34.9 Å². The van der Waals surface area contributed by atoms with Crippen LogP contribution >= 0.6 is 0 Å². The molecule has 0 N–H and O–H groups in total. The maximum Gasteiger partial charge on any atom is 0.165 e. The summed E-state index contributed by atoms with van der Waals surface area (Å²) in [5, 5.41) is 0. The molecule has 3 heteroatoms. The molecule has 148 valence electrons. The minimum absolute atomic E-state index is 0.189. The fourth-order valence-corrected chi connectivity index (χ4v) is 7.09. The minimum Gasteiger partial charge on any atom is -0.368 e. The predicted molar refractivity (Wildman–Crippen MR) is 102 cm³/mol. The molecule has 0 bridgehead atoms. The van der Waals surface area contributed by atoms with Crippen molar-refractivity contribution in [2.75, 3.05) is 6.61 Å². The van der Waals surface area contributed by atoms with Crippen LogP contribution in [-0.4, -0.2) is 6.61 Å². The first kappa shape index (κ1) is 18.1. The second kappa shape index (κ2) is 7.13. The van der Waals surface area contributed by atoms with Crippen molar-refractivity contribution in [1.82, 2.24) is 0 Å². The van der Waals surface area contributed by atoms with E-state index in [4.69, 9.17) is 4.74 Å². The van der Waals surface area contributed by atoms with Gasteiger partial charge in [-0.05, 0) is 92.4 Å². The zero-order valence-corrected chi connectivity index (χ0v) is 16.4. The molecule has 1 nitrogen and oxygen atoms in total. The van der Waals surface area contributed by atoms with E-state index in [-0.39, 0.29) is 12.0 Å². The number of hydrogen-bond acceptors (Lipinski definition) is 1. The highest BCUT2D eigenvalue weighted by Gasteiger charge is 2.46. The lowest BCUT2D eigenvalue weighted by Gasteiger charge is -2.35. The van der Waals surface area contributed by atoms with E-state index in [1.807, 2.05) is 6.07 Å². The summed E-state index contributed by atoms with van der Waals surface area (Å²) in [5.41, 5.74) is 1.00. The van der Waals surface area contributed by atoms with Gasteiger partial charge in [0.15, 0.2) is 11.6 Å². The lowest BCUT2D eigenvalue weighted by Crippen LogP contribution is -2.25.